The van der Waals surface area contributed by atoms with Crippen molar-refractivity contribution >= 4 is 11.6 Å². The smallest absolute Gasteiger partial charge is 0.0478 e. The molecule has 1 aromatic carbocycles. The van der Waals surface area contributed by atoms with Crippen LogP contribution in [0.5, 0.6) is 0 Å². The van der Waals surface area contributed by atoms with E-state index in [2.05, 4.69) is 12.2 Å². The van der Waals surface area contributed by atoms with E-state index < -0.39 is 0 Å². The van der Waals surface area contributed by atoms with Gasteiger partial charge in [-0.05, 0) is 31.0 Å². The standard InChI is InChI=1S/C14H22ClNO/c1-2-3-10-17-11-6-9-16-12-13-7-4-5-8-14(13)15/h4-5,7-8,16H,2-3,6,9-12H2,1H3. The lowest BCUT2D eigenvalue weighted by molar-refractivity contribution is 0.129. The van der Waals surface area contributed by atoms with Crippen LogP contribution in [0.15, 0.2) is 24.3 Å². The molecule has 1 aromatic rings. The van der Waals surface area contributed by atoms with E-state index in [0.717, 1.165) is 49.7 Å². The zero-order valence-electron chi connectivity index (χ0n) is 10.5. The summed E-state index contributed by atoms with van der Waals surface area (Å²) in [5, 5.41) is 4.20. The van der Waals surface area contributed by atoms with E-state index in [0.29, 0.717) is 0 Å². The van der Waals surface area contributed by atoms with Crippen molar-refractivity contribution < 1.29 is 4.74 Å². The van der Waals surface area contributed by atoms with Crippen LogP contribution in [0.1, 0.15) is 31.7 Å². The summed E-state index contributed by atoms with van der Waals surface area (Å²) in [7, 11) is 0. The molecular formula is C14H22ClNO. The fourth-order valence-electron chi connectivity index (χ4n) is 1.51. The first kappa shape index (κ1) is 14.5. The number of hydrogen-bond donors (Lipinski definition) is 1. The minimum atomic E-state index is 0.828. The summed E-state index contributed by atoms with van der Waals surface area (Å²) in [6.45, 7) is 5.71. The highest BCUT2D eigenvalue weighted by Crippen LogP contribution is 2.14. The second-order valence-electron chi connectivity index (χ2n) is 4.09. The van der Waals surface area contributed by atoms with Gasteiger partial charge in [0.2, 0.25) is 0 Å². The van der Waals surface area contributed by atoms with Crippen molar-refractivity contribution in [3.8, 4) is 0 Å². The van der Waals surface area contributed by atoms with Gasteiger partial charge in [-0.15, -0.1) is 0 Å². The Balaban J connectivity index is 1.99. The predicted molar refractivity (Wildman–Crippen MR) is 73.5 cm³/mol. The van der Waals surface area contributed by atoms with Crippen LogP contribution in [0.25, 0.3) is 0 Å². The van der Waals surface area contributed by atoms with Crippen LogP contribution in [0.2, 0.25) is 5.02 Å². The van der Waals surface area contributed by atoms with Gasteiger partial charge in [-0.3, -0.25) is 0 Å². The fraction of sp³-hybridized carbons (Fsp3) is 0.571. The molecule has 3 heteroatoms. The fourth-order valence-corrected chi connectivity index (χ4v) is 1.72. The minimum absolute atomic E-state index is 0.828. The van der Waals surface area contributed by atoms with Crippen molar-refractivity contribution in [1.29, 1.82) is 0 Å². The number of nitrogens with one attached hydrogen (secondary N) is 1. The Morgan fingerprint density at radius 2 is 1.94 bits per heavy atom. The van der Waals surface area contributed by atoms with Crippen molar-refractivity contribution in [2.75, 3.05) is 19.8 Å². The maximum absolute atomic E-state index is 6.06. The van der Waals surface area contributed by atoms with Gasteiger partial charge in [0.25, 0.3) is 0 Å². The summed E-state index contributed by atoms with van der Waals surface area (Å²) in [6, 6.07) is 7.93. The number of halogens is 1. The molecule has 96 valence electrons. The minimum Gasteiger partial charge on any atom is -0.381 e. The van der Waals surface area contributed by atoms with E-state index >= 15 is 0 Å². The Kier molecular flexibility index (Phi) is 8.06. The second-order valence-corrected chi connectivity index (χ2v) is 4.49. The highest BCUT2D eigenvalue weighted by atomic mass is 35.5. The van der Waals surface area contributed by atoms with Crippen molar-refractivity contribution in [2.24, 2.45) is 0 Å². The quantitative estimate of drug-likeness (QED) is 0.681. The van der Waals surface area contributed by atoms with Gasteiger partial charge in [0, 0.05) is 24.8 Å². The van der Waals surface area contributed by atoms with E-state index in [9.17, 15) is 0 Å². The predicted octanol–water partition coefficient (Wildman–Crippen LogP) is 3.64. The van der Waals surface area contributed by atoms with Crippen LogP contribution in [0, 0.1) is 0 Å². The topological polar surface area (TPSA) is 21.3 Å². The third kappa shape index (κ3) is 6.67. The number of unbranched alkanes of at least 4 members (excludes halogenated alkanes) is 1. The molecule has 0 unspecified atom stereocenters. The molecule has 0 heterocycles. The van der Waals surface area contributed by atoms with Crippen LogP contribution in [0.3, 0.4) is 0 Å². The first-order valence-corrected chi connectivity index (χ1v) is 6.74. The summed E-state index contributed by atoms with van der Waals surface area (Å²) in [6.07, 6.45) is 3.41. The Morgan fingerprint density at radius 1 is 1.18 bits per heavy atom. The van der Waals surface area contributed by atoms with Gasteiger partial charge in [-0.25, -0.2) is 0 Å². The molecular weight excluding hydrogens is 234 g/mol. The average Bonchev–Trinajstić information content (AvgIpc) is 2.35. The van der Waals surface area contributed by atoms with Crippen molar-refractivity contribution in [1.82, 2.24) is 5.32 Å². The zero-order chi connectivity index (χ0) is 12.3. The van der Waals surface area contributed by atoms with Gasteiger partial charge in [-0.2, -0.15) is 0 Å². The second kappa shape index (κ2) is 9.46. The maximum atomic E-state index is 6.06. The molecule has 0 aliphatic heterocycles. The van der Waals surface area contributed by atoms with Crippen molar-refractivity contribution in [2.45, 2.75) is 32.7 Å². The number of benzene rings is 1. The van der Waals surface area contributed by atoms with Crippen LogP contribution >= 0.6 is 11.6 Å². The molecule has 17 heavy (non-hydrogen) atoms. The van der Waals surface area contributed by atoms with Crippen molar-refractivity contribution in [3.63, 3.8) is 0 Å². The molecule has 0 saturated carbocycles. The summed E-state index contributed by atoms with van der Waals surface area (Å²) in [5.41, 5.74) is 1.15. The summed E-state index contributed by atoms with van der Waals surface area (Å²) >= 11 is 6.06. The lowest BCUT2D eigenvalue weighted by Crippen LogP contribution is -2.16. The molecule has 0 fully saturated rings. The molecule has 1 N–H and O–H groups in total. The molecule has 0 radical (unpaired) electrons. The van der Waals surface area contributed by atoms with Gasteiger partial charge < -0.3 is 10.1 Å². The van der Waals surface area contributed by atoms with Gasteiger partial charge in [0.1, 0.15) is 0 Å². The lowest BCUT2D eigenvalue weighted by atomic mass is 10.2. The molecule has 0 amide bonds. The summed E-state index contributed by atoms with van der Waals surface area (Å²) in [5.74, 6) is 0. The molecule has 0 spiro atoms. The van der Waals surface area contributed by atoms with E-state index in [1.54, 1.807) is 0 Å². The number of rotatable bonds is 9. The zero-order valence-corrected chi connectivity index (χ0v) is 11.3. The number of hydrogen-bond acceptors (Lipinski definition) is 2. The van der Waals surface area contributed by atoms with Crippen LogP contribution < -0.4 is 5.32 Å². The highest BCUT2D eigenvalue weighted by Gasteiger charge is 1.97. The Labute approximate surface area is 109 Å². The SMILES string of the molecule is CCCCOCCCNCc1ccccc1Cl. The highest BCUT2D eigenvalue weighted by molar-refractivity contribution is 6.31. The first-order chi connectivity index (χ1) is 8.34. The maximum Gasteiger partial charge on any atom is 0.0478 e. The Bertz CT molecular complexity index is 304. The van der Waals surface area contributed by atoms with E-state index in [1.165, 1.54) is 6.42 Å². The summed E-state index contributed by atoms with van der Waals surface area (Å²) in [4.78, 5) is 0. The monoisotopic (exact) mass is 255 g/mol. The van der Waals surface area contributed by atoms with Gasteiger partial charge >= 0.3 is 0 Å². The lowest BCUT2D eigenvalue weighted by Gasteiger charge is -2.07. The van der Waals surface area contributed by atoms with Crippen LogP contribution in [-0.4, -0.2) is 19.8 Å². The molecule has 2 nitrogen and oxygen atoms in total. The average molecular weight is 256 g/mol. The van der Waals surface area contributed by atoms with Gasteiger partial charge in [0.15, 0.2) is 0 Å². The first-order valence-electron chi connectivity index (χ1n) is 6.36. The molecule has 0 aromatic heterocycles. The summed E-state index contributed by atoms with van der Waals surface area (Å²) < 4.78 is 5.48. The van der Waals surface area contributed by atoms with Crippen molar-refractivity contribution in [3.05, 3.63) is 34.9 Å². The normalized spacial score (nSPS) is 10.7. The molecule has 0 atom stereocenters. The van der Waals surface area contributed by atoms with Gasteiger partial charge in [0.05, 0.1) is 0 Å². The molecule has 0 aliphatic rings. The Hall–Kier alpha value is -0.570. The van der Waals surface area contributed by atoms with E-state index in [4.69, 9.17) is 16.3 Å². The number of ether oxygens (including phenoxy) is 1. The van der Waals surface area contributed by atoms with E-state index in [-0.39, 0.29) is 0 Å². The largest absolute Gasteiger partial charge is 0.381 e. The molecule has 1 rings (SSSR count). The third-order valence-corrected chi connectivity index (χ3v) is 2.93. The van der Waals surface area contributed by atoms with Crippen LogP contribution in [0.4, 0.5) is 0 Å². The van der Waals surface area contributed by atoms with E-state index in [1.807, 2.05) is 24.3 Å². The molecule has 0 saturated heterocycles. The molecule has 0 bridgehead atoms. The third-order valence-electron chi connectivity index (χ3n) is 2.56. The van der Waals surface area contributed by atoms with Crippen LogP contribution in [-0.2, 0) is 11.3 Å². The Morgan fingerprint density at radius 3 is 2.71 bits per heavy atom. The molecule has 0 aliphatic carbocycles. The van der Waals surface area contributed by atoms with Gasteiger partial charge in [-0.1, -0.05) is 43.1 Å².